The second-order valence-electron chi connectivity index (χ2n) is 9.97. The number of benzene rings is 2. The van der Waals surface area contributed by atoms with Gasteiger partial charge in [0.2, 0.25) is 5.95 Å². The molecule has 1 fully saturated rings. The second-order valence-corrected chi connectivity index (χ2v) is 10.4. The molecule has 2 aromatic carbocycles. The molecule has 0 spiro atoms. The summed E-state index contributed by atoms with van der Waals surface area (Å²) in [6.45, 7) is 3.62. The molecule has 39 heavy (non-hydrogen) atoms. The van der Waals surface area contributed by atoms with Crippen LogP contribution in [0.5, 0.6) is 0 Å². The van der Waals surface area contributed by atoms with Crippen LogP contribution in [-0.4, -0.2) is 70.1 Å². The van der Waals surface area contributed by atoms with Crippen LogP contribution >= 0.6 is 11.6 Å². The van der Waals surface area contributed by atoms with Gasteiger partial charge in [-0.15, -0.1) is 0 Å². The number of carbonyl (C=O) groups is 2. The Morgan fingerprint density at radius 3 is 2.69 bits per heavy atom. The van der Waals surface area contributed by atoms with E-state index in [4.69, 9.17) is 16.3 Å². The minimum atomic E-state index is -0.698. The van der Waals surface area contributed by atoms with Crippen molar-refractivity contribution < 1.29 is 19.4 Å². The number of aliphatic hydroxyl groups excluding tert-OH is 1. The number of halogens is 1. The number of amides is 1. The molecule has 3 atom stereocenters. The van der Waals surface area contributed by atoms with Gasteiger partial charge in [0.05, 0.1) is 29.1 Å². The molecule has 3 N–H and O–H groups in total. The fourth-order valence-electron chi connectivity index (χ4n) is 5.11. The zero-order valence-electron chi connectivity index (χ0n) is 21.7. The lowest BCUT2D eigenvalue weighted by Crippen LogP contribution is -2.45. The maximum atomic E-state index is 13.4. The summed E-state index contributed by atoms with van der Waals surface area (Å²) < 4.78 is 5.42. The average molecular weight is 550 g/mol. The predicted octanol–water partition coefficient (Wildman–Crippen LogP) is 3.62. The Bertz CT molecular complexity index is 1320. The van der Waals surface area contributed by atoms with Crippen LogP contribution in [0.15, 0.2) is 54.7 Å². The summed E-state index contributed by atoms with van der Waals surface area (Å²) in [5.41, 5.74) is 3.49. The SMILES string of the molecule is C[C@@H](O)[C@@H](NCC(C=O)N1Cc2ccc(-c3nc(NC4CCOCC4)ncc3Cl)cc2C1=O)c1ccccc1. The molecular formula is C29H32ClN5O4. The van der Waals surface area contributed by atoms with Crippen molar-refractivity contribution in [3.05, 3.63) is 76.4 Å². The number of aliphatic hydroxyl groups is 1. The van der Waals surface area contributed by atoms with Crippen LogP contribution in [0.3, 0.4) is 0 Å². The van der Waals surface area contributed by atoms with Crippen LogP contribution in [0.1, 0.15) is 47.3 Å². The van der Waals surface area contributed by atoms with Crippen LogP contribution in [-0.2, 0) is 16.1 Å². The van der Waals surface area contributed by atoms with Gasteiger partial charge in [0.1, 0.15) is 12.3 Å². The van der Waals surface area contributed by atoms with Crippen molar-refractivity contribution in [3.8, 4) is 11.3 Å². The number of aldehydes is 1. The summed E-state index contributed by atoms with van der Waals surface area (Å²) in [6, 6.07) is 14.2. The molecule has 9 nitrogen and oxygen atoms in total. The quantitative estimate of drug-likeness (QED) is 0.328. The van der Waals surface area contributed by atoms with E-state index in [-0.39, 0.29) is 24.5 Å². The molecule has 1 aromatic heterocycles. The van der Waals surface area contributed by atoms with E-state index in [1.165, 1.54) is 0 Å². The Morgan fingerprint density at radius 1 is 1.21 bits per heavy atom. The van der Waals surface area contributed by atoms with Crippen LogP contribution < -0.4 is 10.6 Å². The maximum absolute atomic E-state index is 13.4. The van der Waals surface area contributed by atoms with E-state index in [0.29, 0.717) is 47.6 Å². The number of anilines is 1. The van der Waals surface area contributed by atoms with Gasteiger partial charge < -0.3 is 30.2 Å². The Labute approximate surface area is 232 Å². The smallest absolute Gasteiger partial charge is 0.255 e. The van der Waals surface area contributed by atoms with Crippen LogP contribution in [0.2, 0.25) is 5.02 Å². The molecule has 2 aliphatic heterocycles. The lowest BCUT2D eigenvalue weighted by molar-refractivity contribution is -0.111. The fourth-order valence-corrected chi connectivity index (χ4v) is 5.31. The summed E-state index contributed by atoms with van der Waals surface area (Å²) in [6.07, 6.45) is 3.40. The molecule has 0 bridgehead atoms. The Kier molecular flexibility index (Phi) is 8.52. The second kappa shape index (κ2) is 12.2. The lowest BCUT2D eigenvalue weighted by atomic mass is 10.0. The third kappa shape index (κ3) is 6.12. The number of hydrogen-bond donors (Lipinski definition) is 3. The van der Waals surface area contributed by atoms with Gasteiger partial charge in [-0.05, 0) is 37.0 Å². The zero-order chi connectivity index (χ0) is 27.4. The summed E-state index contributed by atoms with van der Waals surface area (Å²) >= 11 is 6.47. The molecule has 1 amide bonds. The van der Waals surface area contributed by atoms with E-state index in [1.807, 2.05) is 42.5 Å². The molecule has 1 saturated heterocycles. The van der Waals surface area contributed by atoms with E-state index >= 15 is 0 Å². The minimum absolute atomic E-state index is 0.208. The minimum Gasteiger partial charge on any atom is -0.391 e. The summed E-state index contributed by atoms with van der Waals surface area (Å²) in [5.74, 6) is 0.248. The van der Waals surface area contributed by atoms with E-state index in [1.54, 1.807) is 24.1 Å². The highest BCUT2D eigenvalue weighted by molar-refractivity contribution is 6.33. The van der Waals surface area contributed by atoms with Gasteiger partial charge >= 0.3 is 0 Å². The largest absolute Gasteiger partial charge is 0.391 e. The highest BCUT2D eigenvalue weighted by atomic mass is 35.5. The van der Waals surface area contributed by atoms with Crippen molar-refractivity contribution >= 4 is 29.7 Å². The maximum Gasteiger partial charge on any atom is 0.255 e. The molecule has 0 saturated carbocycles. The summed E-state index contributed by atoms with van der Waals surface area (Å²) in [4.78, 5) is 36.1. The number of hydrogen-bond acceptors (Lipinski definition) is 8. The van der Waals surface area contributed by atoms with E-state index in [2.05, 4.69) is 20.6 Å². The zero-order valence-corrected chi connectivity index (χ0v) is 22.5. The van der Waals surface area contributed by atoms with Crippen molar-refractivity contribution in [1.29, 1.82) is 0 Å². The van der Waals surface area contributed by atoms with Crippen molar-refractivity contribution in [2.45, 2.75) is 50.5 Å². The molecule has 10 heteroatoms. The molecule has 3 heterocycles. The molecule has 204 valence electrons. The molecule has 0 aliphatic carbocycles. The van der Waals surface area contributed by atoms with Crippen molar-refractivity contribution in [2.75, 3.05) is 25.1 Å². The number of rotatable bonds is 10. The lowest BCUT2D eigenvalue weighted by Gasteiger charge is -2.28. The monoisotopic (exact) mass is 549 g/mol. The number of nitrogens with zero attached hydrogens (tertiary/aromatic N) is 3. The van der Waals surface area contributed by atoms with E-state index < -0.39 is 12.1 Å². The van der Waals surface area contributed by atoms with E-state index in [0.717, 1.165) is 30.3 Å². The number of carbonyl (C=O) groups excluding carboxylic acids is 2. The predicted molar refractivity (Wildman–Crippen MR) is 149 cm³/mol. The van der Waals surface area contributed by atoms with Gasteiger partial charge in [-0.2, -0.15) is 0 Å². The Balaban J connectivity index is 1.31. The molecular weight excluding hydrogens is 518 g/mol. The van der Waals surface area contributed by atoms with Crippen molar-refractivity contribution in [1.82, 2.24) is 20.2 Å². The number of aromatic nitrogens is 2. The highest BCUT2D eigenvalue weighted by Crippen LogP contribution is 2.32. The van der Waals surface area contributed by atoms with Gasteiger partial charge in [0.25, 0.3) is 5.91 Å². The van der Waals surface area contributed by atoms with Crippen molar-refractivity contribution in [3.63, 3.8) is 0 Å². The number of nitrogens with one attached hydrogen (secondary N) is 2. The third-order valence-electron chi connectivity index (χ3n) is 7.26. The Morgan fingerprint density at radius 2 is 1.97 bits per heavy atom. The van der Waals surface area contributed by atoms with E-state index in [9.17, 15) is 14.7 Å². The standard InChI is InChI=1S/C29H32ClN5O4/c1-18(37)26(19-5-3-2-4-6-19)31-14-23(17-36)35-16-21-8-7-20(13-24(21)28(35)38)27-25(30)15-32-29(34-27)33-22-9-11-39-12-10-22/h2-8,13,15,17-18,22-23,26,31,37H,9-12,14,16H2,1H3,(H,32,33,34)/t18-,23?,26-/m1/s1. The third-order valence-corrected chi connectivity index (χ3v) is 7.54. The molecule has 0 radical (unpaired) electrons. The average Bonchev–Trinajstić information content (AvgIpc) is 3.28. The topological polar surface area (TPSA) is 117 Å². The number of fused-ring (bicyclic) bond motifs is 1. The molecule has 1 unspecified atom stereocenters. The first-order valence-electron chi connectivity index (χ1n) is 13.2. The molecule has 3 aromatic rings. The fraction of sp³-hybridized carbons (Fsp3) is 0.379. The summed E-state index contributed by atoms with van der Waals surface area (Å²) in [7, 11) is 0. The molecule has 2 aliphatic rings. The van der Waals surface area contributed by atoms with Gasteiger partial charge in [-0.25, -0.2) is 9.97 Å². The highest BCUT2D eigenvalue weighted by Gasteiger charge is 2.33. The first kappa shape index (κ1) is 27.2. The van der Waals surface area contributed by atoms with Gasteiger partial charge in [0, 0.05) is 43.5 Å². The summed E-state index contributed by atoms with van der Waals surface area (Å²) in [5, 5.41) is 17.3. The molecule has 5 rings (SSSR count). The number of ether oxygens (including phenoxy) is 1. The van der Waals surface area contributed by atoms with Gasteiger partial charge in [-0.3, -0.25) is 4.79 Å². The van der Waals surface area contributed by atoms with Crippen LogP contribution in [0, 0.1) is 0 Å². The first-order chi connectivity index (χ1) is 18.9. The normalized spacial score (nSPS) is 17.9. The van der Waals surface area contributed by atoms with Gasteiger partial charge in [0.15, 0.2) is 0 Å². The Hall–Kier alpha value is -3.37. The first-order valence-corrected chi connectivity index (χ1v) is 13.5. The van der Waals surface area contributed by atoms with Crippen LogP contribution in [0.25, 0.3) is 11.3 Å². The van der Waals surface area contributed by atoms with Gasteiger partial charge in [-0.1, -0.05) is 54.1 Å². The van der Waals surface area contributed by atoms with Crippen molar-refractivity contribution in [2.24, 2.45) is 0 Å². The van der Waals surface area contributed by atoms with Crippen LogP contribution in [0.4, 0.5) is 5.95 Å².